The summed E-state index contributed by atoms with van der Waals surface area (Å²) in [5, 5.41) is 9.15. The Kier molecular flexibility index (Phi) is 4.70. The highest BCUT2D eigenvalue weighted by Crippen LogP contribution is 2.25. The molecule has 3 nitrogen and oxygen atoms in total. The van der Waals surface area contributed by atoms with Gasteiger partial charge in [0, 0.05) is 28.8 Å². The molecule has 0 saturated heterocycles. The van der Waals surface area contributed by atoms with Crippen LogP contribution in [0.2, 0.25) is 0 Å². The van der Waals surface area contributed by atoms with Gasteiger partial charge < -0.3 is 15.7 Å². The van der Waals surface area contributed by atoms with Crippen LogP contribution in [0.15, 0.2) is 22.7 Å². The lowest BCUT2D eigenvalue weighted by atomic mass is 10.1. The predicted octanol–water partition coefficient (Wildman–Crippen LogP) is 1.90. The molecule has 1 aromatic carbocycles. The average Bonchev–Trinajstić information content (AvgIpc) is 2.26. The van der Waals surface area contributed by atoms with Crippen LogP contribution in [0, 0.1) is 0 Å². The lowest BCUT2D eigenvalue weighted by molar-refractivity contribution is 0.270. The van der Waals surface area contributed by atoms with Crippen molar-refractivity contribution < 1.29 is 5.11 Å². The Labute approximate surface area is 109 Å². The third-order valence-corrected chi connectivity index (χ3v) is 3.24. The number of hydrogen-bond donors (Lipinski definition) is 2. The van der Waals surface area contributed by atoms with Crippen molar-refractivity contribution in [1.82, 2.24) is 0 Å². The summed E-state index contributed by atoms with van der Waals surface area (Å²) in [4.78, 5) is 2.32. The van der Waals surface area contributed by atoms with Crippen molar-refractivity contribution in [2.75, 3.05) is 18.6 Å². The van der Waals surface area contributed by atoms with Crippen molar-refractivity contribution in [2.45, 2.75) is 13.0 Å². The number of nitrogens with two attached hydrogens (primary N) is 1. The van der Waals surface area contributed by atoms with E-state index in [9.17, 15) is 0 Å². The van der Waals surface area contributed by atoms with Crippen LogP contribution in [0.5, 0.6) is 0 Å². The summed E-state index contributed by atoms with van der Waals surface area (Å²) in [6.07, 6.45) is 0. The van der Waals surface area contributed by atoms with Gasteiger partial charge in [-0.2, -0.15) is 0 Å². The maximum absolute atomic E-state index is 9.15. The summed E-state index contributed by atoms with van der Waals surface area (Å²) in [6.45, 7) is 2.02. The summed E-state index contributed by atoms with van der Waals surface area (Å²) in [7, 11) is 1.91. The molecule has 1 unspecified atom stereocenters. The molecule has 1 atom stereocenters. The molecule has 1 rings (SSSR count). The van der Waals surface area contributed by atoms with Gasteiger partial charge in [0.1, 0.15) is 4.99 Å². The quantitative estimate of drug-likeness (QED) is 0.834. The highest BCUT2D eigenvalue weighted by Gasteiger charge is 2.14. The number of likely N-dealkylation sites (N-methyl/N-ethyl adjacent to an activating group) is 1. The number of aliphatic hydroxyl groups excluding tert-OH is 1. The zero-order chi connectivity index (χ0) is 12.3. The van der Waals surface area contributed by atoms with Crippen molar-refractivity contribution in [1.29, 1.82) is 0 Å². The minimum atomic E-state index is 0.0161. The lowest BCUT2D eigenvalue weighted by Crippen LogP contribution is -2.33. The van der Waals surface area contributed by atoms with E-state index in [4.69, 9.17) is 23.1 Å². The van der Waals surface area contributed by atoms with Gasteiger partial charge in [0.15, 0.2) is 0 Å². The molecule has 88 valence electrons. The number of rotatable bonds is 4. The molecule has 0 aromatic heterocycles. The molecular formula is C11H15BrN2OS. The third kappa shape index (κ3) is 2.93. The van der Waals surface area contributed by atoms with Gasteiger partial charge in [-0.15, -0.1) is 0 Å². The van der Waals surface area contributed by atoms with Gasteiger partial charge >= 0.3 is 0 Å². The molecular weight excluding hydrogens is 288 g/mol. The van der Waals surface area contributed by atoms with Crippen molar-refractivity contribution in [3.05, 3.63) is 28.2 Å². The van der Waals surface area contributed by atoms with Crippen LogP contribution in [-0.4, -0.2) is 29.8 Å². The smallest absolute Gasteiger partial charge is 0.106 e. The van der Waals surface area contributed by atoms with Gasteiger partial charge in [-0.05, 0) is 25.1 Å². The van der Waals surface area contributed by atoms with Crippen molar-refractivity contribution >= 4 is 38.8 Å². The summed E-state index contributed by atoms with van der Waals surface area (Å²) in [5.41, 5.74) is 7.41. The minimum absolute atomic E-state index is 0.0161. The van der Waals surface area contributed by atoms with Crippen LogP contribution in [0.4, 0.5) is 5.69 Å². The minimum Gasteiger partial charge on any atom is -0.394 e. The van der Waals surface area contributed by atoms with Crippen LogP contribution >= 0.6 is 28.1 Å². The molecule has 0 radical (unpaired) electrons. The van der Waals surface area contributed by atoms with Gasteiger partial charge in [0.05, 0.1) is 6.61 Å². The summed E-state index contributed by atoms with van der Waals surface area (Å²) >= 11 is 8.42. The summed E-state index contributed by atoms with van der Waals surface area (Å²) in [5.74, 6) is 0. The monoisotopic (exact) mass is 302 g/mol. The maximum atomic E-state index is 9.15. The number of benzene rings is 1. The molecule has 0 aliphatic rings. The molecule has 0 heterocycles. The lowest BCUT2D eigenvalue weighted by Gasteiger charge is -2.27. The van der Waals surface area contributed by atoms with Gasteiger partial charge in [0.25, 0.3) is 0 Å². The molecule has 0 spiro atoms. The number of aliphatic hydroxyl groups is 1. The second kappa shape index (κ2) is 5.61. The van der Waals surface area contributed by atoms with Crippen molar-refractivity contribution in [3.8, 4) is 0 Å². The van der Waals surface area contributed by atoms with Crippen LogP contribution in [0.1, 0.15) is 12.5 Å². The Balaban J connectivity index is 3.19. The number of anilines is 1. The summed E-state index contributed by atoms with van der Waals surface area (Å²) in [6, 6.07) is 5.74. The van der Waals surface area contributed by atoms with E-state index in [1.54, 1.807) is 0 Å². The number of hydrogen-bond acceptors (Lipinski definition) is 3. The first-order valence-corrected chi connectivity index (χ1v) is 6.10. The van der Waals surface area contributed by atoms with E-state index < -0.39 is 0 Å². The van der Waals surface area contributed by atoms with Crippen LogP contribution in [0.3, 0.4) is 0 Å². The Morgan fingerprint density at radius 1 is 1.62 bits per heavy atom. The molecule has 3 N–H and O–H groups in total. The molecule has 16 heavy (non-hydrogen) atoms. The van der Waals surface area contributed by atoms with Crippen molar-refractivity contribution in [2.24, 2.45) is 5.73 Å². The molecule has 0 bridgehead atoms. The molecule has 5 heteroatoms. The predicted molar refractivity (Wildman–Crippen MR) is 75.0 cm³/mol. The second-order valence-corrected chi connectivity index (χ2v) is 5.02. The largest absolute Gasteiger partial charge is 0.394 e. The fourth-order valence-electron chi connectivity index (χ4n) is 1.36. The van der Waals surface area contributed by atoms with Gasteiger partial charge in [0.2, 0.25) is 0 Å². The van der Waals surface area contributed by atoms with E-state index in [2.05, 4.69) is 15.9 Å². The zero-order valence-corrected chi connectivity index (χ0v) is 11.7. The number of halogens is 1. The van der Waals surface area contributed by atoms with Gasteiger partial charge in [-0.3, -0.25) is 0 Å². The second-order valence-electron chi connectivity index (χ2n) is 3.67. The van der Waals surface area contributed by atoms with Gasteiger partial charge in [-0.25, -0.2) is 0 Å². The van der Waals surface area contributed by atoms with E-state index in [1.807, 2.05) is 37.1 Å². The number of thiocarbonyl (C=S) groups is 1. The molecule has 0 amide bonds. The Hall–Kier alpha value is -0.650. The van der Waals surface area contributed by atoms with E-state index in [1.165, 1.54) is 0 Å². The fourth-order valence-corrected chi connectivity index (χ4v) is 1.89. The first-order chi connectivity index (χ1) is 7.47. The highest BCUT2D eigenvalue weighted by molar-refractivity contribution is 9.10. The van der Waals surface area contributed by atoms with Crippen LogP contribution in [-0.2, 0) is 0 Å². The van der Waals surface area contributed by atoms with Crippen LogP contribution < -0.4 is 10.6 Å². The first kappa shape index (κ1) is 13.4. The van der Waals surface area contributed by atoms with E-state index >= 15 is 0 Å². The SMILES string of the molecule is CC(CO)N(C)c1cc(Br)ccc1C(N)=S. The van der Waals surface area contributed by atoms with Crippen LogP contribution in [0.25, 0.3) is 0 Å². The van der Waals surface area contributed by atoms with Gasteiger partial charge in [-0.1, -0.05) is 28.1 Å². The zero-order valence-electron chi connectivity index (χ0n) is 9.27. The third-order valence-electron chi connectivity index (χ3n) is 2.53. The molecule has 0 fully saturated rings. The maximum Gasteiger partial charge on any atom is 0.106 e. The fraction of sp³-hybridized carbons (Fsp3) is 0.364. The highest BCUT2D eigenvalue weighted by atomic mass is 79.9. The Morgan fingerprint density at radius 3 is 2.75 bits per heavy atom. The Morgan fingerprint density at radius 2 is 2.25 bits per heavy atom. The molecule has 1 aromatic rings. The topological polar surface area (TPSA) is 49.5 Å². The number of nitrogens with zero attached hydrogens (tertiary/aromatic N) is 1. The summed E-state index contributed by atoms with van der Waals surface area (Å²) < 4.78 is 0.958. The average molecular weight is 303 g/mol. The molecule has 0 saturated carbocycles. The van der Waals surface area contributed by atoms with E-state index in [0.29, 0.717) is 4.99 Å². The normalized spacial score (nSPS) is 12.2. The van der Waals surface area contributed by atoms with E-state index in [0.717, 1.165) is 15.7 Å². The first-order valence-electron chi connectivity index (χ1n) is 4.90. The Bertz CT molecular complexity index is 398. The molecule has 0 aliphatic heterocycles. The standard InChI is InChI=1S/C11H15BrN2OS/c1-7(6-15)14(2)10-5-8(12)3-4-9(10)11(13)16/h3-5,7,15H,6H2,1-2H3,(H2,13,16). The van der Waals surface area contributed by atoms with E-state index in [-0.39, 0.29) is 12.6 Å². The van der Waals surface area contributed by atoms with Crippen molar-refractivity contribution in [3.63, 3.8) is 0 Å². The molecule has 0 aliphatic carbocycles.